The Morgan fingerprint density at radius 2 is 1.78 bits per heavy atom. The van der Waals surface area contributed by atoms with Gasteiger partial charge in [-0.2, -0.15) is 0 Å². The molecule has 18 heavy (non-hydrogen) atoms. The SMILES string of the molecule is Cc1ccc(C(N)C2CCC(C(C)(C)C)CC2)s1. The summed E-state index contributed by atoms with van der Waals surface area (Å²) in [5, 5.41) is 0. The van der Waals surface area contributed by atoms with Crippen LogP contribution in [0.2, 0.25) is 0 Å². The maximum absolute atomic E-state index is 6.45. The maximum atomic E-state index is 6.45. The predicted octanol–water partition coefficient (Wildman–Crippen LogP) is 4.91. The molecule has 1 aromatic rings. The lowest BCUT2D eigenvalue weighted by Crippen LogP contribution is -2.30. The Balaban J connectivity index is 1.94. The van der Waals surface area contributed by atoms with Crippen LogP contribution in [-0.4, -0.2) is 0 Å². The molecule has 1 aromatic heterocycles. The van der Waals surface area contributed by atoms with Crippen LogP contribution in [-0.2, 0) is 0 Å². The molecule has 102 valence electrons. The van der Waals surface area contributed by atoms with Crippen LogP contribution in [0.4, 0.5) is 0 Å². The molecular weight excluding hydrogens is 238 g/mol. The monoisotopic (exact) mass is 265 g/mol. The summed E-state index contributed by atoms with van der Waals surface area (Å²) in [7, 11) is 0. The quantitative estimate of drug-likeness (QED) is 0.808. The molecule has 0 saturated heterocycles. The van der Waals surface area contributed by atoms with Crippen molar-refractivity contribution in [3.63, 3.8) is 0 Å². The van der Waals surface area contributed by atoms with Crippen LogP contribution < -0.4 is 5.73 Å². The summed E-state index contributed by atoms with van der Waals surface area (Å²) in [5.41, 5.74) is 6.91. The minimum absolute atomic E-state index is 0.268. The van der Waals surface area contributed by atoms with E-state index in [9.17, 15) is 0 Å². The van der Waals surface area contributed by atoms with E-state index in [1.807, 2.05) is 11.3 Å². The number of thiophene rings is 1. The third-order valence-electron chi connectivity index (χ3n) is 4.59. The molecule has 0 amide bonds. The highest BCUT2D eigenvalue weighted by Crippen LogP contribution is 2.43. The molecule has 1 heterocycles. The van der Waals surface area contributed by atoms with Gasteiger partial charge in [-0.15, -0.1) is 11.3 Å². The van der Waals surface area contributed by atoms with Crippen molar-refractivity contribution in [3.8, 4) is 0 Å². The molecule has 1 atom stereocenters. The molecule has 1 fully saturated rings. The Hall–Kier alpha value is -0.340. The molecule has 1 unspecified atom stereocenters. The molecule has 1 nitrogen and oxygen atoms in total. The second kappa shape index (κ2) is 5.34. The normalized spacial score (nSPS) is 27.2. The molecule has 0 radical (unpaired) electrons. The zero-order valence-corrected chi connectivity index (χ0v) is 13.0. The topological polar surface area (TPSA) is 26.0 Å². The first kappa shape index (κ1) is 14.1. The van der Waals surface area contributed by atoms with E-state index < -0.39 is 0 Å². The molecule has 0 aromatic carbocycles. The Morgan fingerprint density at radius 1 is 1.17 bits per heavy atom. The summed E-state index contributed by atoms with van der Waals surface area (Å²) in [6.45, 7) is 9.29. The zero-order chi connectivity index (χ0) is 13.3. The van der Waals surface area contributed by atoms with Crippen LogP contribution in [0.3, 0.4) is 0 Å². The molecule has 2 rings (SSSR count). The van der Waals surface area contributed by atoms with E-state index in [1.54, 1.807) is 0 Å². The predicted molar refractivity (Wildman–Crippen MR) is 80.9 cm³/mol. The lowest BCUT2D eigenvalue weighted by molar-refractivity contribution is 0.140. The van der Waals surface area contributed by atoms with Gasteiger partial charge in [0.25, 0.3) is 0 Å². The average Bonchev–Trinajstić information content (AvgIpc) is 2.74. The van der Waals surface area contributed by atoms with Crippen molar-refractivity contribution in [1.29, 1.82) is 0 Å². The van der Waals surface area contributed by atoms with Gasteiger partial charge in [0.1, 0.15) is 0 Å². The first-order chi connectivity index (χ1) is 8.38. The first-order valence-electron chi connectivity index (χ1n) is 7.20. The van der Waals surface area contributed by atoms with E-state index >= 15 is 0 Å². The highest BCUT2D eigenvalue weighted by molar-refractivity contribution is 7.12. The number of aryl methyl sites for hydroxylation is 1. The van der Waals surface area contributed by atoms with Gasteiger partial charge in [-0.25, -0.2) is 0 Å². The molecule has 2 heteroatoms. The van der Waals surface area contributed by atoms with E-state index in [4.69, 9.17) is 5.73 Å². The lowest BCUT2D eigenvalue weighted by Gasteiger charge is -2.38. The van der Waals surface area contributed by atoms with E-state index in [0.717, 1.165) is 5.92 Å². The van der Waals surface area contributed by atoms with Gasteiger partial charge < -0.3 is 5.73 Å². The number of nitrogens with two attached hydrogens (primary N) is 1. The van der Waals surface area contributed by atoms with Crippen LogP contribution in [0.5, 0.6) is 0 Å². The molecular formula is C16H27NS. The van der Waals surface area contributed by atoms with Crippen molar-refractivity contribution >= 4 is 11.3 Å². The Bertz CT molecular complexity index is 380. The Labute approximate surface area is 116 Å². The minimum Gasteiger partial charge on any atom is -0.323 e. The summed E-state index contributed by atoms with van der Waals surface area (Å²) in [6, 6.07) is 4.69. The highest BCUT2D eigenvalue weighted by Gasteiger charge is 2.32. The second-order valence-corrected chi connectivity index (χ2v) is 8.27. The van der Waals surface area contributed by atoms with E-state index in [-0.39, 0.29) is 6.04 Å². The summed E-state index contributed by atoms with van der Waals surface area (Å²) in [6.07, 6.45) is 5.32. The second-order valence-electron chi connectivity index (χ2n) is 6.95. The number of rotatable bonds is 2. The molecule has 2 N–H and O–H groups in total. The van der Waals surface area contributed by atoms with Gasteiger partial charge in [0.05, 0.1) is 0 Å². The third kappa shape index (κ3) is 3.16. The fourth-order valence-corrected chi connectivity index (χ4v) is 4.18. The first-order valence-corrected chi connectivity index (χ1v) is 8.01. The molecule has 0 spiro atoms. The van der Waals surface area contributed by atoms with Crippen molar-refractivity contribution < 1.29 is 0 Å². The van der Waals surface area contributed by atoms with Crippen LogP contribution >= 0.6 is 11.3 Å². The van der Waals surface area contributed by atoms with Gasteiger partial charge in [-0.3, -0.25) is 0 Å². The van der Waals surface area contributed by atoms with Gasteiger partial charge in [0.15, 0.2) is 0 Å². The van der Waals surface area contributed by atoms with Crippen molar-refractivity contribution in [1.82, 2.24) is 0 Å². The zero-order valence-electron chi connectivity index (χ0n) is 12.2. The van der Waals surface area contributed by atoms with Gasteiger partial charge in [-0.05, 0) is 62.0 Å². The summed E-state index contributed by atoms with van der Waals surface area (Å²) in [4.78, 5) is 2.76. The van der Waals surface area contributed by atoms with Crippen molar-refractivity contribution in [2.45, 2.75) is 59.4 Å². The Morgan fingerprint density at radius 3 is 2.22 bits per heavy atom. The third-order valence-corrected chi connectivity index (χ3v) is 5.70. The number of hydrogen-bond acceptors (Lipinski definition) is 2. The average molecular weight is 265 g/mol. The van der Waals surface area contributed by atoms with Gasteiger partial charge in [-0.1, -0.05) is 20.8 Å². The Kier molecular flexibility index (Phi) is 4.18. The molecule has 1 aliphatic carbocycles. The largest absolute Gasteiger partial charge is 0.323 e. The van der Waals surface area contributed by atoms with Gasteiger partial charge >= 0.3 is 0 Å². The molecule has 0 aliphatic heterocycles. The summed E-state index contributed by atoms with van der Waals surface area (Å²) >= 11 is 1.87. The van der Waals surface area contributed by atoms with E-state index in [0.29, 0.717) is 11.3 Å². The van der Waals surface area contributed by atoms with Crippen LogP contribution in [0.1, 0.15) is 62.3 Å². The summed E-state index contributed by atoms with van der Waals surface area (Å²) < 4.78 is 0. The minimum atomic E-state index is 0.268. The van der Waals surface area contributed by atoms with Crippen LogP contribution in [0, 0.1) is 24.2 Å². The molecule has 1 saturated carbocycles. The smallest absolute Gasteiger partial charge is 0.0418 e. The van der Waals surface area contributed by atoms with Crippen molar-refractivity contribution in [2.24, 2.45) is 23.0 Å². The maximum Gasteiger partial charge on any atom is 0.0418 e. The number of hydrogen-bond donors (Lipinski definition) is 1. The molecule has 0 bridgehead atoms. The van der Waals surface area contributed by atoms with Gasteiger partial charge in [0.2, 0.25) is 0 Å². The fourth-order valence-electron chi connectivity index (χ4n) is 3.21. The van der Waals surface area contributed by atoms with E-state index in [1.165, 1.54) is 35.4 Å². The summed E-state index contributed by atoms with van der Waals surface area (Å²) in [5.74, 6) is 1.58. The van der Waals surface area contributed by atoms with Crippen LogP contribution in [0.15, 0.2) is 12.1 Å². The van der Waals surface area contributed by atoms with Crippen molar-refractivity contribution in [3.05, 3.63) is 21.9 Å². The molecule has 1 aliphatic rings. The van der Waals surface area contributed by atoms with Crippen LogP contribution in [0.25, 0.3) is 0 Å². The highest BCUT2D eigenvalue weighted by atomic mass is 32.1. The van der Waals surface area contributed by atoms with Crippen molar-refractivity contribution in [2.75, 3.05) is 0 Å². The lowest BCUT2D eigenvalue weighted by atomic mass is 9.68. The van der Waals surface area contributed by atoms with E-state index in [2.05, 4.69) is 39.8 Å². The fraction of sp³-hybridized carbons (Fsp3) is 0.750. The van der Waals surface area contributed by atoms with Gasteiger partial charge in [0, 0.05) is 15.8 Å². The standard InChI is InChI=1S/C16H27NS/c1-11-5-10-14(18-11)15(17)12-6-8-13(9-7-12)16(2,3)4/h5,10,12-13,15H,6-9,17H2,1-4H3.